The lowest BCUT2D eigenvalue weighted by Gasteiger charge is -2.22. The summed E-state index contributed by atoms with van der Waals surface area (Å²) in [6.07, 6.45) is 4.06. The highest BCUT2D eigenvalue weighted by Gasteiger charge is 2.36. The second-order valence-electron chi connectivity index (χ2n) is 4.73. The highest BCUT2D eigenvalue weighted by molar-refractivity contribution is 5.95. The number of rotatable bonds is 2. The molecule has 0 bridgehead atoms. The van der Waals surface area contributed by atoms with Gasteiger partial charge in [-0.3, -0.25) is 4.79 Å². The van der Waals surface area contributed by atoms with E-state index in [2.05, 4.69) is 5.32 Å². The van der Waals surface area contributed by atoms with E-state index in [4.69, 9.17) is 0 Å². The van der Waals surface area contributed by atoms with Gasteiger partial charge in [0.05, 0.1) is 0 Å². The third-order valence-electron chi connectivity index (χ3n) is 3.34. The van der Waals surface area contributed by atoms with Crippen LogP contribution in [0.1, 0.15) is 32.6 Å². The largest absolute Gasteiger partial charge is 0.326 e. The minimum atomic E-state index is -0.325. The second kappa shape index (κ2) is 4.24. The van der Waals surface area contributed by atoms with Crippen LogP contribution in [0, 0.1) is 11.2 Å². The monoisotopic (exact) mass is 221 g/mol. The van der Waals surface area contributed by atoms with Gasteiger partial charge in [-0.05, 0) is 31.0 Å². The molecule has 1 aliphatic carbocycles. The molecule has 0 aliphatic heterocycles. The predicted octanol–water partition coefficient (Wildman–Crippen LogP) is 3.34. The van der Waals surface area contributed by atoms with Crippen molar-refractivity contribution in [2.45, 2.75) is 32.6 Å². The number of anilines is 1. The summed E-state index contributed by atoms with van der Waals surface area (Å²) in [5.74, 6) is -0.315. The summed E-state index contributed by atoms with van der Waals surface area (Å²) in [6.45, 7) is 1.98. The second-order valence-corrected chi connectivity index (χ2v) is 4.73. The van der Waals surface area contributed by atoms with Gasteiger partial charge in [-0.2, -0.15) is 0 Å². The molecule has 16 heavy (non-hydrogen) atoms. The Kier molecular flexibility index (Phi) is 2.95. The van der Waals surface area contributed by atoms with Gasteiger partial charge in [-0.25, -0.2) is 4.39 Å². The molecule has 0 heterocycles. The summed E-state index contributed by atoms with van der Waals surface area (Å²) in [5, 5.41) is 2.79. The zero-order valence-electron chi connectivity index (χ0n) is 9.42. The minimum Gasteiger partial charge on any atom is -0.326 e. The quantitative estimate of drug-likeness (QED) is 0.815. The number of amides is 1. The number of benzene rings is 1. The molecule has 0 aromatic heterocycles. The highest BCUT2D eigenvalue weighted by Crippen LogP contribution is 2.38. The number of carbonyl (C=O) groups excluding carboxylic acids is 1. The Morgan fingerprint density at radius 3 is 2.69 bits per heavy atom. The lowest BCUT2D eigenvalue weighted by Crippen LogP contribution is -2.30. The first-order chi connectivity index (χ1) is 7.60. The number of halogens is 1. The number of carbonyl (C=O) groups is 1. The molecule has 0 spiro atoms. The van der Waals surface area contributed by atoms with Crippen LogP contribution in [0.25, 0.3) is 0 Å². The van der Waals surface area contributed by atoms with Crippen LogP contribution >= 0.6 is 0 Å². The van der Waals surface area contributed by atoms with Crippen LogP contribution in [-0.2, 0) is 4.79 Å². The maximum Gasteiger partial charge on any atom is 0.230 e. The van der Waals surface area contributed by atoms with Crippen molar-refractivity contribution in [1.82, 2.24) is 0 Å². The van der Waals surface area contributed by atoms with Gasteiger partial charge >= 0.3 is 0 Å². The maximum atomic E-state index is 12.9. The Morgan fingerprint density at radius 1 is 1.38 bits per heavy atom. The van der Waals surface area contributed by atoms with Crippen LogP contribution in [0.4, 0.5) is 10.1 Å². The Balaban J connectivity index is 2.07. The van der Waals surface area contributed by atoms with E-state index in [0.29, 0.717) is 5.69 Å². The molecule has 2 rings (SSSR count). The van der Waals surface area contributed by atoms with Crippen LogP contribution in [-0.4, -0.2) is 5.91 Å². The molecule has 1 saturated carbocycles. The van der Waals surface area contributed by atoms with Crippen molar-refractivity contribution in [3.05, 3.63) is 30.1 Å². The molecular weight excluding hydrogens is 205 g/mol. The first-order valence-electron chi connectivity index (χ1n) is 5.67. The van der Waals surface area contributed by atoms with E-state index < -0.39 is 0 Å². The van der Waals surface area contributed by atoms with Crippen LogP contribution in [0.3, 0.4) is 0 Å². The summed E-state index contributed by atoms with van der Waals surface area (Å²) < 4.78 is 12.9. The molecule has 0 atom stereocenters. The first-order valence-corrected chi connectivity index (χ1v) is 5.67. The molecular formula is C13H16FNO. The summed E-state index contributed by atoms with van der Waals surface area (Å²) in [6, 6.07) is 6.02. The van der Waals surface area contributed by atoms with Gasteiger partial charge in [-0.1, -0.05) is 25.8 Å². The standard InChI is InChI=1S/C13H16FNO/c1-13(7-2-3-8-13)12(16)15-11-6-4-5-10(14)9-11/h4-6,9H,2-3,7-8H2,1H3,(H,15,16). The molecule has 1 aromatic carbocycles. The average Bonchev–Trinajstić information content (AvgIpc) is 2.66. The van der Waals surface area contributed by atoms with Gasteiger partial charge in [0.25, 0.3) is 0 Å². The third kappa shape index (κ3) is 2.23. The van der Waals surface area contributed by atoms with Crippen molar-refractivity contribution in [3.63, 3.8) is 0 Å². The lowest BCUT2D eigenvalue weighted by molar-refractivity contribution is -0.124. The van der Waals surface area contributed by atoms with Gasteiger partial charge in [0.1, 0.15) is 5.82 Å². The molecule has 1 fully saturated rings. The number of nitrogens with one attached hydrogen (secondary N) is 1. The molecule has 3 heteroatoms. The van der Waals surface area contributed by atoms with E-state index in [1.54, 1.807) is 12.1 Å². The van der Waals surface area contributed by atoms with Crippen LogP contribution < -0.4 is 5.32 Å². The Hall–Kier alpha value is -1.38. The summed E-state index contributed by atoms with van der Waals surface area (Å²) in [5.41, 5.74) is 0.268. The first kappa shape index (κ1) is 11.1. The molecule has 1 N–H and O–H groups in total. The zero-order valence-corrected chi connectivity index (χ0v) is 9.42. The van der Waals surface area contributed by atoms with Crippen LogP contribution in [0.2, 0.25) is 0 Å². The molecule has 1 amide bonds. The molecule has 1 aromatic rings. The maximum absolute atomic E-state index is 12.9. The van der Waals surface area contributed by atoms with Gasteiger partial charge in [0.2, 0.25) is 5.91 Å². The zero-order chi connectivity index (χ0) is 11.6. The van der Waals surface area contributed by atoms with E-state index in [9.17, 15) is 9.18 Å². The summed E-state index contributed by atoms with van der Waals surface area (Å²) in [7, 11) is 0. The van der Waals surface area contributed by atoms with E-state index >= 15 is 0 Å². The molecule has 86 valence electrons. The van der Waals surface area contributed by atoms with Crippen LogP contribution in [0.5, 0.6) is 0 Å². The van der Waals surface area contributed by atoms with E-state index in [1.165, 1.54) is 12.1 Å². The summed E-state index contributed by atoms with van der Waals surface area (Å²) in [4.78, 5) is 12.0. The van der Waals surface area contributed by atoms with Gasteiger partial charge in [-0.15, -0.1) is 0 Å². The predicted molar refractivity (Wildman–Crippen MR) is 61.6 cm³/mol. The Labute approximate surface area is 94.9 Å². The normalized spacial score (nSPS) is 18.4. The Morgan fingerprint density at radius 2 is 2.06 bits per heavy atom. The Bertz CT molecular complexity index is 397. The molecule has 0 unspecified atom stereocenters. The topological polar surface area (TPSA) is 29.1 Å². The molecule has 0 saturated heterocycles. The van der Waals surface area contributed by atoms with E-state index in [-0.39, 0.29) is 17.1 Å². The SMILES string of the molecule is CC1(C(=O)Nc2cccc(F)c2)CCCC1. The fourth-order valence-electron chi connectivity index (χ4n) is 2.23. The van der Waals surface area contributed by atoms with E-state index in [1.807, 2.05) is 6.92 Å². The average molecular weight is 221 g/mol. The van der Waals surface area contributed by atoms with Crippen LogP contribution in [0.15, 0.2) is 24.3 Å². The number of hydrogen-bond donors (Lipinski definition) is 1. The van der Waals surface area contributed by atoms with Crippen molar-refractivity contribution in [1.29, 1.82) is 0 Å². The van der Waals surface area contributed by atoms with Gasteiger partial charge in [0.15, 0.2) is 0 Å². The van der Waals surface area contributed by atoms with Crippen molar-refractivity contribution in [3.8, 4) is 0 Å². The van der Waals surface area contributed by atoms with Crippen molar-refractivity contribution < 1.29 is 9.18 Å². The smallest absolute Gasteiger partial charge is 0.230 e. The van der Waals surface area contributed by atoms with Crippen molar-refractivity contribution in [2.75, 3.05) is 5.32 Å². The fraction of sp³-hybridized carbons (Fsp3) is 0.462. The minimum absolute atomic E-state index is 0.00981. The lowest BCUT2D eigenvalue weighted by atomic mass is 9.88. The van der Waals surface area contributed by atoms with Crippen molar-refractivity contribution >= 4 is 11.6 Å². The van der Waals surface area contributed by atoms with Crippen molar-refractivity contribution in [2.24, 2.45) is 5.41 Å². The molecule has 1 aliphatic rings. The number of hydrogen-bond acceptors (Lipinski definition) is 1. The fourth-order valence-corrected chi connectivity index (χ4v) is 2.23. The molecule has 2 nitrogen and oxygen atoms in total. The van der Waals surface area contributed by atoms with E-state index in [0.717, 1.165) is 25.7 Å². The summed E-state index contributed by atoms with van der Waals surface area (Å²) >= 11 is 0. The molecule has 0 radical (unpaired) electrons. The van der Waals surface area contributed by atoms with Gasteiger partial charge < -0.3 is 5.32 Å². The van der Waals surface area contributed by atoms with Gasteiger partial charge in [0, 0.05) is 11.1 Å². The third-order valence-corrected chi connectivity index (χ3v) is 3.34. The highest BCUT2D eigenvalue weighted by atomic mass is 19.1.